The van der Waals surface area contributed by atoms with Crippen LogP contribution in [0.25, 0.3) is 27.3 Å². The summed E-state index contributed by atoms with van der Waals surface area (Å²) < 4.78 is 2.73. The number of anilines is 2. The number of amides is 1. The molecule has 0 saturated heterocycles. The molecule has 152 valence electrons. The molecule has 5 rings (SSSR count). The van der Waals surface area contributed by atoms with E-state index in [1.807, 2.05) is 49.4 Å². The molecule has 7 nitrogen and oxygen atoms in total. The van der Waals surface area contributed by atoms with Gasteiger partial charge in [0.05, 0.1) is 27.1 Å². The zero-order valence-corrected chi connectivity index (χ0v) is 17.3. The summed E-state index contributed by atoms with van der Waals surface area (Å²) in [7, 11) is 0. The Balaban J connectivity index is 1.72. The van der Waals surface area contributed by atoms with E-state index in [0.29, 0.717) is 17.3 Å². The van der Waals surface area contributed by atoms with Crippen LogP contribution in [-0.4, -0.2) is 30.9 Å². The number of aromatic nitrogens is 4. The first kappa shape index (κ1) is 19.0. The minimum absolute atomic E-state index is 0.293. The van der Waals surface area contributed by atoms with Crippen molar-refractivity contribution in [3.05, 3.63) is 84.0 Å². The molecule has 0 aliphatic rings. The van der Waals surface area contributed by atoms with E-state index >= 15 is 0 Å². The molecule has 0 aliphatic heterocycles. The number of benzene rings is 2. The Morgan fingerprint density at radius 1 is 1.03 bits per heavy atom. The molecular weight excluding hydrogens is 410 g/mol. The van der Waals surface area contributed by atoms with Gasteiger partial charge in [-0.05, 0) is 43.3 Å². The normalized spacial score (nSPS) is 11.0. The largest absolute Gasteiger partial charge is 0.464 e. The molecule has 3 heterocycles. The number of carboxylic acid groups (broad SMARTS) is 1. The molecule has 1 amide bonds. The van der Waals surface area contributed by atoms with Crippen LogP contribution in [0.1, 0.15) is 5.69 Å². The first-order valence-corrected chi connectivity index (χ1v) is 10.4. The third-order valence-corrected chi connectivity index (χ3v) is 5.64. The number of para-hydroxylation sites is 1. The van der Waals surface area contributed by atoms with Crippen LogP contribution in [-0.2, 0) is 0 Å². The molecule has 0 unspecified atom stereocenters. The van der Waals surface area contributed by atoms with E-state index in [9.17, 15) is 9.90 Å². The molecule has 0 spiro atoms. The fraction of sp³-hybridized carbons (Fsp3) is 0.0435. The van der Waals surface area contributed by atoms with Crippen molar-refractivity contribution < 1.29 is 9.90 Å². The lowest BCUT2D eigenvalue weighted by atomic mass is 10.1. The van der Waals surface area contributed by atoms with Crippen molar-refractivity contribution in [3.8, 4) is 17.1 Å². The van der Waals surface area contributed by atoms with Gasteiger partial charge in [-0.2, -0.15) is 0 Å². The molecule has 31 heavy (non-hydrogen) atoms. The van der Waals surface area contributed by atoms with Crippen LogP contribution in [0.4, 0.5) is 16.3 Å². The Bertz CT molecular complexity index is 1390. The zero-order chi connectivity index (χ0) is 21.4. The number of carbonyl (C=O) groups is 1. The summed E-state index contributed by atoms with van der Waals surface area (Å²) in [6, 6.07) is 22.3. The highest BCUT2D eigenvalue weighted by Crippen LogP contribution is 2.33. The Morgan fingerprint density at radius 3 is 2.65 bits per heavy atom. The Morgan fingerprint density at radius 2 is 1.87 bits per heavy atom. The van der Waals surface area contributed by atoms with Gasteiger partial charge in [0.15, 0.2) is 11.6 Å². The van der Waals surface area contributed by atoms with Crippen molar-refractivity contribution in [2.24, 2.45) is 0 Å². The standard InChI is InChI=1S/C23H17N5O2S/c1-15-6-5-9-21(25-15)28-19(16-10-11-18-20(12-16)31-14-24-18)13-22(26-28)27(23(29)30)17-7-3-2-4-8-17/h2-14H,1H3,(H,29,30). The summed E-state index contributed by atoms with van der Waals surface area (Å²) in [4.78, 5) is 22.2. The Kier molecular flexibility index (Phi) is 4.68. The first-order valence-electron chi connectivity index (χ1n) is 9.56. The fourth-order valence-electron chi connectivity index (χ4n) is 3.44. The highest BCUT2D eigenvalue weighted by atomic mass is 32.1. The number of thiazole rings is 1. The van der Waals surface area contributed by atoms with Crippen molar-refractivity contribution in [1.29, 1.82) is 0 Å². The second-order valence-electron chi connectivity index (χ2n) is 6.93. The summed E-state index contributed by atoms with van der Waals surface area (Å²) in [5, 5.41) is 14.6. The zero-order valence-electron chi connectivity index (χ0n) is 16.5. The lowest BCUT2D eigenvalue weighted by Gasteiger charge is -2.16. The molecule has 0 radical (unpaired) electrons. The molecule has 3 aromatic heterocycles. The van der Waals surface area contributed by atoms with Crippen molar-refractivity contribution in [3.63, 3.8) is 0 Å². The highest BCUT2D eigenvalue weighted by Gasteiger charge is 2.23. The first-order chi connectivity index (χ1) is 15.1. The second-order valence-corrected chi connectivity index (χ2v) is 7.81. The van der Waals surface area contributed by atoms with E-state index in [0.717, 1.165) is 27.2 Å². The van der Waals surface area contributed by atoms with E-state index in [-0.39, 0.29) is 0 Å². The van der Waals surface area contributed by atoms with Gasteiger partial charge in [-0.1, -0.05) is 30.3 Å². The summed E-state index contributed by atoms with van der Waals surface area (Å²) >= 11 is 1.55. The van der Waals surface area contributed by atoms with E-state index in [4.69, 9.17) is 0 Å². The van der Waals surface area contributed by atoms with Gasteiger partial charge in [0.1, 0.15) is 0 Å². The van der Waals surface area contributed by atoms with E-state index in [1.54, 1.807) is 51.9 Å². The number of nitrogens with zero attached hydrogens (tertiary/aromatic N) is 5. The average Bonchev–Trinajstić information content (AvgIpc) is 3.41. The van der Waals surface area contributed by atoms with Crippen LogP contribution < -0.4 is 4.90 Å². The van der Waals surface area contributed by atoms with Gasteiger partial charge >= 0.3 is 6.09 Å². The highest BCUT2D eigenvalue weighted by molar-refractivity contribution is 7.16. The van der Waals surface area contributed by atoms with Gasteiger partial charge in [0, 0.05) is 17.3 Å². The van der Waals surface area contributed by atoms with Crippen molar-refractivity contribution in [2.75, 3.05) is 4.90 Å². The van der Waals surface area contributed by atoms with E-state index in [1.165, 1.54) is 4.90 Å². The second kappa shape index (κ2) is 7.66. The van der Waals surface area contributed by atoms with Crippen LogP contribution in [0.2, 0.25) is 0 Å². The third-order valence-electron chi connectivity index (χ3n) is 4.85. The number of pyridine rings is 1. The maximum Gasteiger partial charge on any atom is 0.417 e. The quantitative estimate of drug-likeness (QED) is 0.400. The molecule has 8 heteroatoms. The molecule has 0 fully saturated rings. The number of fused-ring (bicyclic) bond motifs is 1. The topological polar surface area (TPSA) is 84.1 Å². The Hall–Kier alpha value is -4.04. The fourth-order valence-corrected chi connectivity index (χ4v) is 4.15. The maximum atomic E-state index is 12.1. The molecule has 5 aromatic rings. The molecule has 0 aliphatic carbocycles. The van der Waals surface area contributed by atoms with Gasteiger partial charge in [-0.15, -0.1) is 16.4 Å². The van der Waals surface area contributed by atoms with Crippen LogP contribution in [0, 0.1) is 6.92 Å². The Labute approximate surface area is 181 Å². The van der Waals surface area contributed by atoms with E-state index in [2.05, 4.69) is 15.1 Å². The predicted octanol–water partition coefficient (Wildman–Crippen LogP) is 5.67. The third kappa shape index (κ3) is 3.53. The predicted molar refractivity (Wildman–Crippen MR) is 121 cm³/mol. The van der Waals surface area contributed by atoms with Crippen LogP contribution in [0.15, 0.2) is 78.3 Å². The van der Waals surface area contributed by atoms with Crippen molar-refractivity contribution in [2.45, 2.75) is 6.92 Å². The minimum Gasteiger partial charge on any atom is -0.464 e. The lowest BCUT2D eigenvalue weighted by molar-refractivity contribution is 0.204. The molecule has 1 N–H and O–H groups in total. The monoisotopic (exact) mass is 427 g/mol. The lowest BCUT2D eigenvalue weighted by Crippen LogP contribution is -2.24. The summed E-state index contributed by atoms with van der Waals surface area (Å²) in [6.07, 6.45) is -1.11. The number of rotatable bonds is 4. The van der Waals surface area contributed by atoms with E-state index < -0.39 is 6.09 Å². The molecule has 0 bridgehead atoms. The van der Waals surface area contributed by atoms with Crippen molar-refractivity contribution >= 4 is 39.2 Å². The smallest absolute Gasteiger partial charge is 0.417 e. The van der Waals surface area contributed by atoms with Crippen LogP contribution >= 0.6 is 11.3 Å². The van der Waals surface area contributed by atoms with Gasteiger partial charge in [0.2, 0.25) is 0 Å². The average molecular weight is 427 g/mol. The molecule has 0 saturated carbocycles. The minimum atomic E-state index is -1.11. The summed E-state index contributed by atoms with van der Waals surface area (Å²) in [5.41, 5.74) is 5.73. The van der Waals surface area contributed by atoms with Crippen LogP contribution in [0.3, 0.4) is 0 Å². The molecule has 2 aromatic carbocycles. The number of aryl methyl sites for hydroxylation is 1. The maximum absolute atomic E-state index is 12.1. The number of hydrogen-bond acceptors (Lipinski definition) is 5. The molecule has 0 atom stereocenters. The SMILES string of the molecule is Cc1cccc(-n2nc(N(C(=O)O)c3ccccc3)cc2-c2ccc3ncsc3c2)n1. The summed E-state index contributed by atoms with van der Waals surface area (Å²) in [6.45, 7) is 1.91. The summed E-state index contributed by atoms with van der Waals surface area (Å²) in [5.74, 6) is 0.908. The van der Waals surface area contributed by atoms with Gasteiger partial charge < -0.3 is 5.11 Å². The molecular formula is C23H17N5O2S. The van der Waals surface area contributed by atoms with Crippen LogP contribution in [0.5, 0.6) is 0 Å². The van der Waals surface area contributed by atoms with Gasteiger partial charge in [-0.25, -0.2) is 24.3 Å². The van der Waals surface area contributed by atoms with Crippen molar-refractivity contribution in [1.82, 2.24) is 19.7 Å². The van der Waals surface area contributed by atoms with Gasteiger partial charge in [-0.3, -0.25) is 0 Å². The van der Waals surface area contributed by atoms with Gasteiger partial charge in [0.25, 0.3) is 0 Å². The number of hydrogen-bond donors (Lipinski definition) is 1.